The number of aliphatic hydroxyl groups excluding tert-OH is 2. The number of nitrogens with two attached hydrogens (primary N) is 2. The number of ether oxygens (including phenoxy) is 2. The lowest BCUT2D eigenvalue weighted by Gasteiger charge is -2.25. The molecule has 2 fully saturated rings. The number of anilines is 2. The third-order valence-corrected chi connectivity index (χ3v) is 8.39. The third kappa shape index (κ3) is 4.98. The van der Waals surface area contributed by atoms with E-state index in [2.05, 4.69) is 24.9 Å². The zero-order valence-corrected chi connectivity index (χ0v) is 22.4. The zero-order valence-electron chi connectivity index (χ0n) is 20.7. The summed E-state index contributed by atoms with van der Waals surface area (Å²) in [6.07, 6.45) is -0.0351. The molecule has 0 amide bonds. The SMILES string of the molecule is Nc1nc2c(ncn2[C@@H]2O[C@H](CO)C[C@H]2OP(O)(=S)OC[C@H]2O[C@@H](n3ccc4c(N)ncnc43)C[C@@H]2O)c(=O)[nH]1. The lowest BCUT2D eigenvalue weighted by molar-refractivity contribution is -0.0543. The Morgan fingerprint density at radius 2 is 2.02 bits per heavy atom. The van der Waals surface area contributed by atoms with E-state index >= 15 is 0 Å². The highest BCUT2D eigenvalue weighted by atomic mass is 32.5. The van der Waals surface area contributed by atoms with E-state index in [0.717, 1.165) is 0 Å². The number of hydrogen-bond acceptors (Lipinski definition) is 14. The Labute approximate surface area is 229 Å². The lowest BCUT2D eigenvalue weighted by Crippen LogP contribution is -2.27. The van der Waals surface area contributed by atoms with Crippen LogP contribution in [-0.4, -0.2) is 86.8 Å². The van der Waals surface area contributed by atoms with Crippen LogP contribution in [0.2, 0.25) is 0 Å². The second-order valence-corrected chi connectivity index (χ2v) is 12.2. The first-order chi connectivity index (χ1) is 19.1. The molecular weight excluding hydrogens is 569 g/mol. The van der Waals surface area contributed by atoms with Crippen molar-refractivity contribution in [2.75, 3.05) is 24.7 Å². The van der Waals surface area contributed by atoms with Crippen molar-refractivity contribution in [2.24, 2.45) is 0 Å². The molecule has 40 heavy (non-hydrogen) atoms. The summed E-state index contributed by atoms with van der Waals surface area (Å²) in [6, 6.07) is 1.76. The Kier molecular flexibility index (Phi) is 7.06. The molecule has 19 heteroatoms. The molecule has 1 unspecified atom stereocenters. The van der Waals surface area contributed by atoms with Gasteiger partial charge in [-0.2, -0.15) is 4.98 Å². The van der Waals surface area contributed by atoms with Crippen molar-refractivity contribution in [2.45, 2.75) is 49.7 Å². The molecule has 214 valence electrons. The smallest absolute Gasteiger partial charge is 0.325 e. The summed E-state index contributed by atoms with van der Waals surface area (Å²) >= 11 is 5.25. The molecule has 0 spiro atoms. The Hall–Kier alpha value is -3.06. The van der Waals surface area contributed by atoms with Gasteiger partial charge in [0.1, 0.15) is 36.2 Å². The fraction of sp³-hybridized carbons (Fsp3) is 0.476. The van der Waals surface area contributed by atoms with Crippen molar-refractivity contribution < 1.29 is 33.6 Å². The van der Waals surface area contributed by atoms with Gasteiger partial charge in [-0.15, -0.1) is 0 Å². The largest absolute Gasteiger partial charge is 0.394 e. The number of nitrogens with one attached hydrogen (secondary N) is 1. The van der Waals surface area contributed by atoms with Crippen LogP contribution in [0.1, 0.15) is 25.3 Å². The number of nitrogens with zero attached hydrogens (tertiary/aromatic N) is 6. The summed E-state index contributed by atoms with van der Waals surface area (Å²) in [6.45, 7) is -4.50. The normalized spacial score (nSPS) is 28.5. The van der Waals surface area contributed by atoms with Crippen LogP contribution >= 0.6 is 6.72 Å². The Morgan fingerprint density at radius 3 is 2.83 bits per heavy atom. The molecule has 8 N–H and O–H groups in total. The van der Waals surface area contributed by atoms with Gasteiger partial charge in [0, 0.05) is 19.0 Å². The molecular formula is C21H26N9O8PS. The fourth-order valence-corrected chi connectivity index (χ4v) is 6.37. The average molecular weight is 596 g/mol. The first-order valence-electron chi connectivity index (χ1n) is 12.2. The quantitative estimate of drug-likeness (QED) is 0.138. The van der Waals surface area contributed by atoms with E-state index in [1.54, 1.807) is 16.8 Å². The second-order valence-electron chi connectivity index (χ2n) is 9.40. The van der Waals surface area contributed by atoms with Crippen molar-refractivity contribution in [3.8, 4) is 0 Å². The van der Waals surface area contributed by atoms with E-state index in [0.29, 0.717) is 16.9 Å². The molecule has 0 aliphatic carbocycles. The number of rotatable bonds is 8. The minimum atomic E-state index is -3.91. The van der Waals surface area contributed by atoms with Crippen LogP contribution in [-0.2, 0) is 30.3 Å². The summed E-state index contributed by atoms with van der Waals surface area (Å²) in [4.78, 5) is 41.9. The van der Waals surface area contributed by atoms with Gasteiger partial charge >= 0.3 is 6.72 Å². The summed E-state index contributed by atoms with van der Waals surface area (Å²) in [5.41, 5.74) is 11.8. The Bertz CT molecular complexity index is 1660. The predicted molar refractivity (Wildman–Crippen MR) is 142 cm³/mol. The summed E-state index contributed by atoms with van der Waals surface area (Å²) in [5.74, 6) is 0.203. The number of aromatic amines is 1. The van der Waals surface area contributed by atoms with Crippen LogP contribution < -0.4 is 17.0 Å². The van der Waals surface area contributed by atoms with E-state index in [1.807, 2.05) is 0 Å². The van der Waals surface area contributed by atoms with Crippen LogP contribution in [0.5, 0.6) is 0 Å². The van der Waals surface area contributed by atoms with E-state index in [9.17, 15) is 19.9 Å². The molecule has 0 radical (unpaired) electrons. The number of nitrogen functional groups attached to an aromatic ring is 2. The molecule has 6 rings (SSSR count). The van der Waals surface area contributed by atoms with Gasteiger partial charge in [-0.3, -0.25) is 14.3 Å². The number of aliphatic hydroxyl groups is 2. The minimum absolute atomic E-state index is 0.0234. The van der Waals surface area contributed by atoms with E-state index in [1.165, 1.54) is 17.2 Å². The molecule has 2 aliphatic heterocycles. The Balaban J connectivity index is 1.15. The third-order valence-electron chi connectivity index (χ3n) is 6.80. The average Bonchev–Trinajstić information content (AvgIpc) is 3.68. The first kappa shape index (κ1) is 27.1. The molecule has 4 aromatic heterocycles. The molecule has 2 saturated heterocycles. The number of H-pyrrole nitrogens is 1. The standard InChI is InChI=1S/C21H26N9O8PS/c22-16-10-1-2-29(17(10)25-7-24-16)14-4-11(32)13(37-14)6-35-39(34,40)38-12-3-9(5-31)36-20(12)30-8-26-15-18(30)27-21(23)28-19(15)33/h1-2,7-9,11-14,20,31-32H,3-6H2,(H,34,40)(H2,22,24,25)(H3,23,27,28,33)/t9-,11-,12+,13+,14+,20+,39?/m0/s1. The van der Waals surface area contributed by atoms with Gasteiger partial charge in [0.05, 0.1) is 37.1 Å². The van der Waals surface area contributed by atoms with Crippen molar-refractivity contribution in [3.05, 3.63) is 35.3 Å². The topological polar surface area (TPSA) is 244 Å². The van der Waals surface area contributed by atoms with Crippen molar-refractivity contribution in [3.63, 3.8) is 0 Å². The van der Waals surface area contributed by atoms with Crippen LogP contribution in [0.3, 0.4) is 0 Å². The highest BCUT2D eigenvalue weighted by Gasteiger charge is 2.42. The molecule has 4 aromatic rings. The van der Waals surface area contributed by atoms with E-state index in [4.69, 9.17) is 41.8 Å². The number of aromatic nitrogens is 7. The Morgan fingerprint density at radius 1 is 1.20 bits per heavy atom. The second kappa shape index (κ2) is 10.4. The van der Waals surface area contributed by atoms with Gasteiger partial charge in [-0.1, -0.05) is 0 Å². The van der Waals surface area contributed by atoms with Crippen LogP contribution in [0.15, 0.2) is 29.7 Å². The maximum Gasteiger partial charge on any atom is 0.325 e. The summed E-state index contributed by atoms with van der Waals surface area (Å²) in [7, 11) is 0. The van der Waals surface area contributed by atoms with Gasteiger partial charge < -0.3 is 49.7 Å². The highest BCUT2D eigenvalue weighted by molar-refractivity contribution is 8.07. The fourth-order valence-electron chi connectivity index (χ4n) is 4.93. The van der Waals surface area contributed by atoms with Gasteiger partial charge in [0.2, 0.25) is 5.95 Å². The van der Waals surface area contributed by atoms with Crippen molar-refractivity contribution in [1.82, 2.24) is 34.1 Å². The highest BCUT2D eigenvalue weighted by Crippen LogP contribution is 2.50. The summed E-state index contributed by atoms with van der Waals surface area (Å²) < 4.78 is 26.4. The van der Waals surface area contributed by atoms with Gasteiger partial charge in [-0.25, -0.2) is 15.0 Å². The molecule has 0 bridgehead atoms. The zero-order chi connectivity index (χ0) is 28.2. The maximum atomic E-state index is 12.2. The van der Waals surface area contributed by atoms with Gasteiger partial charge in [0.15, 0.2) is 17.4 Å². The molecule has 6 heterocycles. The van der Waals surface area contributed by atoms with Crippen molar-refractivity contribution in [1.29, 1.82) is 0 Å². The molecule has 0 saturated carbocycles. The predicted octanol–water partition coefficient (Wildman–Crippen LogP) is -0.724. The van der Waals surface area contributed by atoms with Crippen LogP contribution in [0.4, 0.5) is 11.8 Å². The van der Waals surface area contributed by atoms with Crippen LogP contribution in [0, 0.1) is 0 Å². The number of hydrogen-bond donors (Lipinski definition) is 6. The van der Waals surface area contributed by atoms with Crippen molar-refractivity contribution >= 4 is 52.5 Å². The molecule has 0 aromatic carbocycles. The van der Waals surface area contributed by atoms with E-state index in [-0.39, 0.29) is 43.2 Å². The molecule has 7 atom stereocenters. The lowest BCUT2D eigenvalue weighted by atomic mass is 10.2. The molecule has 17 nitrogen and oxygen atoms in total. The first-order valence-corrected chi connectivity index (χ1v) is 14.8. The van der Waals surface area contributed by atoms with Gasteiger partial charge in [0.25, 0.3) is 5.56 Å². The minimum Gasteiger partial charge on any atom is -0.394 e. The number of fused-ring (bicyclic) bond motifs is 2. The van der Waals surface area contributed by atoms with E-state index < -0.39 is 49.1 Å². The van der Waals surface area contributed by atoms with Crippen LogP contribution in [0.25, 0.3) is 22.2 Å². The summed E-state index contributed by atoms with van der Waals surface area (Å²) in [5, 5.41) is 21.0. The van der Waals surface area contributed by atoms with Gasteiger partial charge in [-0.05, 0) is 17.9 Å². The number of imidazole rings is 1. The maximum absolute atomic E-state index is 12.2. The monoisotopic (exact) mass is 595 g/mol. The molecule has 2 aliphatic rings.